The number of benzene rings is 2. The average molecular weight is 484 g/mol. The molecule has 2 aromatic carbocycles. The summed E-state index contributed by atoms with van der Waals surface area (Å²) >= 11 is 0. The molecule has 2 heterocycles. The maximum atomic E-state index is 13.1. The number of morpholine rings is 1. The Bertz CT molecular complexity index is 1190. The third-order valence-corrected chi connectivity index (χ3v) is 7.31. The lowest BCUT2D eigenvalue weighted by Gasteiger charge is -2.35. The molecule has 0 spiro atoms. The second-order valence-corrected chi connectivity index (χ2v) is 9.93. The van der Waals surface area contributed by atoms with Crippen molar-refractivity contribution in [2.75, 3.05) is 32.8 Å². The van der Waals surface area contributed by atoms with Gasteiger partial charge in [-0.25, -0.2) is 13.1 Å². The number of sulfonamides is 1. The third kappa shape index (κ3) is 5.92. The predicted molar refractivity (Wildman–Crippen MR) is 128 cm³/mol. The number of furan rings is 1. The van der Waals surface area contributed by atoms with E-state index in [2.05, 4.69) is 27.1 Å². The fourth-order valence-electron chi connectivity index (χ4n) is 3.98. The molecule has 1 aliphatic rings. The minimum Gasteiger partial charge on any atom is -0.468 e. The van der Waals surface area contributed by atoms with Crippen LogP contribution < -0.4 is 10.0 Å². The second-order valence-electron chi connectivity index (χ2n) is 8.17. The molecule has 0 radical (unpaired) electrons. The summed E-state index contributed by atoms with van der Waals surface area (Å²) in [5.74, 6) is 0.193. The second kappa shape index (κ2) is 11.0. The van der Waals surface area contributed by atoms with Crippen LogP contribution in [0.3, 0.4) is 0 Å². The molecule has 1 atom stereocenters. The molecule has 3 aromatic rings. The molecule has 34 heavy (non-hydrogen) atoms. The van der Waals surface area contributed by atoms with E-state index in [1.54, 1.807) is 25.1 Å². The zero-order chi connectivity index (χ0) is 24.0. The number of carbonyl (C=O) groups is 1. The van der Waals surface area contributed by atoms with E-state index in [1.165, 1.54) is 18.4 Å². The van der Waals surface area contributed by atoms with Crippen LogP contribution in [0.2, 0.25) is 0 Å². The van der Waals surface area contributed by atoms with Crippen LogP contribution in [0.1, 0.15) is 33.3 Å². The fraction of sp³-hybridized carbons (Fsp3) is 0.320. The van der Waals surface area contributed by atoms with Crippen LogP contribution in [0.4, 0.5) is 0 Å². The van der Waals surface area contributed by atoms with Gasteiger partial charge in [-0.3, -0.25) is 9.69 Å². The first-order valence-corrected chi connectivity index (χ1v) is 12.7. The number of nitrogens with one attached hydrogen (secondary N) is 2. The number of aryl methyl sites for hydroxylation is 1. The Morgan fingerprint density at radius 3 is 2.53 bits per heavy atom. The van der Waals surface area contributed by atoms with Gasteiger partial charge in [-0.05, 0) is 42.3 Å². The first-order valence-electron chi connectivity index (χ1n) is 11.2. The van der Waals surface area contributed by atoms with E-state index in [1.807, 2.05) is 18.2 Å². The van der Waals surface area contributed by atoms with Gasteiger partial charge < -0.3 is 14.5 Å². The molecule has 1 aromatic heterocycles. The summed E-state index contributed by atoms with van der Waals surface area (Å²) in [5, 5.41) is 3.02. The Hall–Kier alpha value is -2.98. The minimum atomic E-state index is -3.81. The number of carbonyl (C=O) groups excluding carboxylic acids is 1. The van der Waals surface area contributed by atoms with E-state index in [9.17, 15) is 13.2 Å². The summed E-state index contributed by atoms with van der Waals surface area (Å²) < 4.78 is 38.7. The highest BCUT2D eigenvalue weighted by molar-refractivity contribution is 7.89. The van der Waals surface area contributed by atoms with Crippen molar-refractivity contribution >= 4 is 15.9 Å². The molecule has 0 saturated carbocycles. The standard InChI is InChI=1S/C25H29N3O5S/c1-19-9-10-22(34(30,31)27-17-21-8-5-13-33-21)16-23(19)25(29)26-18-24(20-6-3-2-4-7-20)28-11-14-32-15-12-28/h2-10,13,16,24,27H,11-12,14-15,17-18H2,1H3,(H,26,29). The zero-order valence-corrected chi connectivity index (χ0v) is 19.9. The Labute approximate surface area is 200 Å². The van der Waals surface area contributed by atoms with Crippen molar-refractivity contribution in [2.45, 2.75) is 24.4 Å². The quantitative estimate of drug-likeness (QED) is 0.485. The summed E-state index contributed by atoms with van der Waals surface area (Å²) in [7, 11) is -3.81. The summed E-state index contributed by atoms with van der Waals surface area (Å²) in [4.78, 5) is 15.5. The van der Waals surface area contributed by atoms with Gasteiger partial charge in [0, 0.05) is 25.2 Å². The predicted octanol–water partition coefficient (Wildman–Crippen LogP) is 2.87. The normalized spacial score (nSPS) is 15.7. The van der Waals surface area contributed by atoms with Crippen LogP contribution in [0, 0.1) is 6.92 Å². The van der Waals surface area contributed by atoms with Gasteiger partial charge >= 0.3 is 0 Å². The van der Waals surface area contributed by atoms with Gasteiger partial charge in [-0.15, -0.1) is 0 Å². The molecule has 1 aliphatic heterocycles. The number of hydrogen-bond acceptors (Lipinski definition) is 6. The number of rotatable bonds is 9. The van der Waals surface area contributed by atoms with Crippen LogP contribution in [-0.2, 0) is 21.3 Å². The molecule has 4 rings (SSSR count). The average Bonchev–Trinajstić information content (AvgIpc) is 3.38. The van der Waals surface area contributed by atoms with Crippen LogP contribution >= 0.6 is 0 Å². The molecule has 9 heteroatoms. The monoisotopic (exact) mass is 483 g/mol. The summed E-state index contributed by atoms with van der Waals surface area (Å²) in [6, 6.07) is 18.0. The van der Waals surface area contributed by atoms with Crippen molar-refractivity contribution in [2.24, 2.45) is 0 Å². The Morgan fingerprint density at radius 2 is 1.82 bits per heavy atom. The van der Waals surface area contributed by atoms with Gasteiger partial charge in [0.1, 0.15) is 5.76 Å². The Balaban J connectivity index is 1.48. The van der Waals surface area contributed by atoms with E-state index in [-0.39, 0.29) is 23.4 Å². The highest BCUT2D eigenvalue weighted by Gasteiger charge is 2.24. The number of nitrogens with zero attached hydrogens (tertiary/aromatic N) is 1. The van der Waals surface area contributed by atoms with Crippen molar-refractivity contribution in [3.05, 3.63) is 89.4 Å². The third-order valence-electron chi connectivity index (χ3n) is 5.91. The lowest BCUT2D eigenvalue weighted by atomic mass is 10.0. The zero-order valence-electron chi connectivity index (χ0n) is 19.1. The van der Waals surface area contributed by atoms with Gasteiger partial charge in [0.2, 0.25) is 10.0 Å². The highest BCUT2D eigenvalue weighted by atomic mass is 32.2. The Kier molecular flexibility index (Phi) is 7.79. The van der Waals surface area contributed by atoms with Crippen molar-refractivity contribution in [1.82, 2.24) is 14.9 Å². The number of ether oxygens (including phenoxy) is 1. The van der Waals surface area contributed by atoms with Gasteiger partial charge in [0.05, 0.1) is 37.0 Å². The SMILES string of the molecule is Cc1ccc(S(=O)(=O)NCc2ccco2)cc1C(=O)NCC(c1ccccc1)N1CCOCC1. The van der Waals surface area contributed by atoms with E-state index in [0.717, 1.165) is 18.7 Å². The van der Waals surface area contributed by atoms with E-state index >= 15 is 0 Å². The van der Waals surface area contributed by atoms with Crippen LogP contribution in [0.15, 0.2) is 76.2 Å². The van der Waals surface area contributed by atoms with Crippen LogP contribution in [0.5, 0.6) is 0 Å². The van der Waals surface area contributed by atoms with Crippen molar-refractivity contribution < 1.29 is 22.4 Å². The molecule has 180 valence electrons. The molecule has 1 amide bonds. The molecular weight excluding hydrogens is 454 g/mol. The first-order chi connectivity index (χ1) is 16.4. The maximum absolute atomic E-state index is 13.1. The molecule has 2 N–H and O–H groups in total. The molecule has 1 fully saturated rings. The minimum absolute atomic E-state index is 0.00349. The molecule has 1 unspecified atom stereocenters. The summed E-state index contributed by atoms with van der Waals surface area (Å²) in [5.41, 5.74) is 2.14. The lowest BCUT2D eigenvalue weighted by molar-refractivity contribution is 0.0162. The highest BCUT2D eigenvalue weighted by Crippen LogP contribution is 2.22. The largest absolute Gasteiger partial charge is 0.468 e. The summed E-state index contributed by atoms with van der Waals surface area (Å²) in [6.07, 6.45) is 1.48. The van der Waals surface area contributed by atoms with Crippen molar-refractivity contribution in [1.29, 1.82) is 0 Å². The smallest absolute Gasteiger partial charge is 0.251 e. The van der Waals surface area contributed by atoms with E-state index in [4.69, 9.17) is 9.15 Å². The van der Waals surface area contributed by atoms with Gasteiger partial charge in [0.15, 0.2) is 0 Å². The van der Waals surface area contributed by atoms with Crippen LogP contribution in [0.25, 0.3) is 0 Å². The maximum Gasteiger partial charge on any atom is 0.251 e. The van der Waals surface area contributed by atoms with Crippen LogP contribution in [-0.4, -0.2) is 52.1 Å². The van der Waals surface area contributed by atoms with Crippen molar-refractivity contribution in [3.8, 4) is 0 Å². The van der Waals surface area contributed by atoms with Crippen molar-refractivity contribution in [3.63, 3.8) is 0 Å². The van der Waals surface area contributed by atoms with Gasteiger partial charge in [0.25, 0.3) is 5.91 Å². The number of hydrogen-bond donors (Lipinski definition) is 2. The fourth-order valence-corrected chi connectivity index (χ4v) is 5.00. The van der Waals surface area contributed by atoms with E-state index in [0.29, 0.717) is 36.6 Å². The van der Waals surface area contributed by atoms with E-state index < -0.39 is 10.0 Å². The van der Waals surface area contributed by atoms with Gasteiger partial charge in [-0.1, -0.05) is 36.4 Å². The number of amides is 1. The molecule has 0 aliphatic carbocycles. The topological polar surface area (TPSA) is 101 Å². The molecule has 8 nitrogen and oxygen atoms in total. The molecule has 0 bridgehead atoms. The Morgan fingerprint density at radius 1 is 1.06 bits per heavy atom. The molecular formula is C25H29N3O5S. The molecule has 1 saturated heterocycles. The lowest BCUT2D eigenvalue weighted by Crippen LogP contribution is -2.43. The van der Waals surface area contributed by atoms with Gasteiger partial charge in [-0.2, -0.15) is 0 Å². The summed E-state index contributed by atoms with van der Waals surface area (Å²) in [6.45, 7) is 5.09. The first kappa shape index (κ1) is 24.2.